The van der Waals surface area contributed by atoms with Crippen molar-refractivity contribution >= 4 is 0 Å². The van der Waals surface area contributed by atoms with Gasteiger partial charge in [0.2, 0.25) is 0 Å². The molecule has 3 heteroatoms. The van der Waals surface area contributed by atoms with Gasteiger partial charge in [-0.15, -0.1) is 0 Å². The van der Waals surface area contributed by atoms with E-state index in [2.05, 4.69) is 24.4 Å². The van der Waals surface area contributed by atoms with Crippen LogP contribution in [0.25, 0.3) is 0 Å². The quantitative estimate of drug-likeness (QED) is 0.754. The summed E-state index contributed by atoms with van der Waals surface area (Å²) in [6.07, 6.45) is 0. The molecule has 2 N–H and O–H groups in total. The summed E-state index contributed by atoms with van der Waals surface area (Å²) in [6.45, 7) is 4.16. The van der Waals surface area contributed by atoms with E-state index < -0.39 is 5.54 Å². The monoisotopic (exact) mass is 207 g/mol. The number of ether oxygens (including phenoxy) is 1. The Morgan fingerprint density at radius 3 is 2.67 bits per heavy atom. The largest absolute Gasteiger partial charge is 0.394 e. The van der Waals surface area contributed by atoms with Gasteiger partial charge in [0.1, 0.15) is 0 Å². The van der Waals surface area contributed by atoms with Gasteiger partial charge in [-0.25, -0.2) is 0 Å². The predicted octanol–water partition coefficient (Wildman–Crippen LogP) is 0.802. The highest BCUT2D eigenvalue weighted by atomic mass is 16.5. The van der Waals surface area contributed by atoms with Gasteiger partial charge in [-0.2, -0.15) is 0 Å². The summed E-state index contributed by atoms with van der Waals surface area (Å²) in [7, 11) is 0. The van der Waals surface area contributed by atoms with Crippen LogP contribution in [0.4, 0.5) is 0 Å². The molecule has 0 amide bonds. The van der Waals surface area contributed by atoms with Crippen LogP contribution in [0.3, 0.4) is 0 Å². The number of hydrogen-bond acceptors (Lipinski definition) is 3. The molecule has 15 heavy (non-hydrogen) atoms. The van der Waals surface area contributed by atoms with Crippen molar-refractivity contribution in [2.45, 2.75) is 12.5 Å². The van der Waals surface area contributed by atoms with Crippen molar-refractivity contribution in [1.29, 1.82) is 0 Å². The second-order valence-corrected chi connectivity index (χ2v) is 4.09. The molecule has 1 heterocycles. The standard InChI is InChI=1S/C12H17NO2/c1-10-2-4-11(5-3-10)12(8-14)9-15-7-6-13-12/h2-5,13-14H,6-9H2,1H3. The molecule has 1 aliphatic heterocycles. The molecular weight excluding hydrogens is 190 g/mol. The van der Waals surface area contributed by atoms with Crippen LogP contribution in [0.1, 0.15) is 11.1 Å². The highest BCUT2D eigenvalue weighted by Crippen LogP contribution is 2.23. The molecule has 1 unspecified atom stereocenters. The molecule has 0 aromatic heterocycles. The zero-order chi connectivity index (χ0) is 10.7. The minimum absolute atomic E-state index is 0.0655. The van der Waals surface area contributed by atoms with E-state index in [0.29, 0.717) is 13.2 Å². The minimum Gasteiger partial charge on any atom is -0.394 e. The average Bonchev–Trinajstić information content (AvgIpc) is 2.31. The van der Waals surface area contributed by atoms with E-state index in [0.717, 1.165) is 12.1 Å². The molecule has 1 fully saturated rings. The third-order valence-electron chi connectivity index (χ3n) is 2.93. The van der Waals surface area contributed by atoms with Crippen molar-refractivity contribution in [3.63, 3.8) is 0 Å². The van der Waals surface area contributed by atoms with E-state index in [9.17, 15) is 5.11 Å². The van der Waals surface area contributed by atoms with Crippen LogP contribution < -0.4 is 5.32 Å². The zero-order valence-corrected chi connectivity index (χ0v) is 8.99. The Bertz CT molecular complexity index is 315. The molecule has 1 saturated heterocycles. The maximum atomic E-state index is 9.52. The Balaban J connectivity index is 2.28. The Morgan fingerprint density at radius 2 is 2.13 bits per heavy atom. The van der Waals surface area contributed by atoms with Crippen molar-refractivity contribution in [1.82, 2.24) is 5.32 Å². The number of aryl methyl sites for hydroxylation is 1. The highest BCUT2D eigenvalue weighted by Gasteiger charge is 2.33. The van der Waals surface area contributed by atoms with Crippen molar-refractivity contribution in [2.24, 2.45) is 0 Å². The molecule has 0 spiro atoms. The van der Waals surface area contributed by atoms with E-state index in [-0.39, 0.29) is 6.61 Å². The molecule has 1 atom stereocenters. The third-order valence-corrected chi connectivity index (χ3v) is 2.93. The Morgan fingerprint density at radius 1 is 1.40 bits per heavy atom. The average molecular weight is 207 g/mol. The summed E-state index contributed by atoms with van der Waals surface area (Å²) in [4.78, 5) is 0. The number of aliphatic hydroxyl groups is 1. The Labute approximate surface area is 90.1 Å². The molecule has 0 saturated carbocycles. The van der Waals surface area contributed by atoms with Crippen LogP contribution in [-0.4, -0.2) is 31.5 Å². The second kappa shape index (κ2) is 4.31. The summed E-state index contributed by atoms with van der Waals surface area (Å²) >= 11 is 0. The lowest BCUT2D eigenvalue weighted by molar-refractivity contribution is -0.00333. The molecule has 1 aromatic rings. The fourth-order valence-electron chi connectivity index (χ4n) is 1.91. The van der Waals surface area contributed by atoms with Crippen LogP contribution in [0.5, 0.6) is 0 Å². The Kier molecular flexibility index (Phi) is 3.05. The predicted molar refractivity (Wildman–Crippen MR) is 58.8 cm³/mol. The topological polar surface area (TPSA) is 41.5 Å². The van der Waals surface area contributed by atoms with Gasteiger partial charge in [-0.05, 0) is 12.5 Å². The highest BCUT2D eigenvalue weighted by molar-refractivity contribution is 5.28. The van der Waals surface area contributed by atoms with E-state index in [1.54, 1.807) is 0 Å². The molecule has 1 aliphatic rings. The normalized spacial score (nSPS) is 26.5. The van der Waals surface area contributed by atoms with Crippen molar-refractivity contribution in [2.75, 3.05) is 26.4 Å². The van der Waals surface area contributed by atoms with Crippen LogP contribution in [0.2, 0.25) is 0 Å². The van der Waals surface area contributed by atoms with Crippen LogP contribution in [-0.2, 0) is 10.3 Å². The van der Waals surface area contributed by atoms with Gasteiger partial charge in [0.25, 0.3) is 0 Å². The maximum Gasteiger partial charge on any atom is 0.0906 e. The summed E-state index contributed by atoms with van der Waals surface area (Å²) in [5, 5.41) is 12.9. The SMILES string of the molecule is Cc1ccc(C2(CO)COCCN2)cc1. The lowest BCUT2D eigenvalue weighted by Gasteiger charge is -2.37. The van der Waals surface area contributed by atoms with E-state index in [1.807, 2.05) is 12.1 Å². The number of rotatable bonds is 2. The van der Waals surface area contributed by atoms with Crippen LogP contribution >= 0.6 is 0 Å². The van der Waals surface area contributed by atoms with Crippen molar-refractivity contribution in [3.05, 3.63) is 35.4 Å². The summed E-state index contributed by atoms with van der Waals surface area (Å²) in [5.41, 5.74) is 1.91. The fraction of sp³-hybridized carbons (Fsp3) is 0.500. The van der Waals surface area contributed by atoms with Gasteiger partial charge in [-0.1, -0.05) is 29.8 Å². The Hall–Kier alpha value is -0.900. The summed E-state index contributed by atoms with van der Waals surface area (Å²) in [6, 6.07) is 8.21. The molecule has 0 bridgehead atoms. The zero-order valence-electron chi connectivity index (χ0n) is 8.99. The first-order valence-electron chi connectivity index (χ1n) is 5.28. The molecule has 1 aromatic carbocycles. The number of nitrogens with one attached hydrogen (secondary N) is 1. The van der Waals surface area contributed by atoms with E-state index in [4.69, 9.17) is 4.74 Å². The fourth-order valence-corrected chi connectivity index (χ4v) is 1.91. The molecule has 82 valence electrons. The van der Waals surface area contributed by atoms with E-state index in [1.165, 1.54) is 5.56 Å². The smallest absolute Gasteiger partial charge is 0.0906 e. The first kappa shape index (κ1) is 10.6. The number of benzene rings is 1. The minimum atomic E-state index is -0.411. The third kappa shape index (κ3) is 2.04. The number of aliphatic hydroxyl groups excluding tert-OH is 1. The second-order valence-electron chi connectivity index (χ2n) is 4.09. The van der Waals surface area contributed by atoms with Crippen LogP contribution in [0.15, 0.2) is 24.3 Å². The molecule has 0 aliphatic carbocycles. The summed E-state index contributed by atoms with van der Waals surface area (Å²) in [5.74, 6) is 0. The van der Waals surface area contributed by atoms with E-state index >= 15 is 0 Å². The lowest BCUT2D eigenvalue weighted by atomic mass is 9.90. The molecule has 2 rings (SSSR count). The first-order valence-corrected chi connectivity index (χ1v) is 5.28. The van der Waals surface area contributed by atoms with Crippen molar-refractivity contribution < 1.29 is 9.84 Å². The molecule has 0 radical (unpaired) electrons. The number of hydrogen-bond donors (Lipinski definition) is 2. The van der Waals surface area contributed by atoms with Crippen LogP contribution in [0, 0.1) is 6.92 Å². The summed E-state index contributed by atoms with van der Waals surface area (Å²) < 4.78 is 5.44. The van der Waals surface area contributed by atoms with Gasteiger partial charge in [0, 0.05) is 6.54 Å². The van der Waals surface area contributed by atoms with Gasteiger partial charge in [0.05, 0.1) is 25.4 Å². The number of morpholine rings is 1. The van der Waals surface area contributed by atoms with Gasteiger partial charge in [-0.3, -0.25) is 0 Å². The van der Waals surface area contributed by atoms with Crippen molar-refractivity contribution in [3.8, 4) is 0 Å². The molecular formula is C12H17NO2. The van der Waals surface area contributed by atoms with Gasteiger partial charge in [0.15, 0.2) is 0 Å². The molecule has 3 nitrogen and oxygen atoms in total. The van der Waals surface area contributed by atoms with Gasteiger partial charge >= 0.3 is 0 Å². The first-order chi connectivity index (χ1) is 7.27. The van der Waals surface area contributed by atoms with Gasteiger partial charge < -0.3 is 15.2 Å². The lowest BCUT2D eigenvalue weighted by Crippen LogP contribution is -2.54. The maximum absolute atomic E-state index is 9.52.